The molecule has 0 heterocycles. The van der Waals surface area contributed by atoms with Crippen molar-refractivity contribution in [2.45, 2.75) is 56.4 Å². The first-order valence-electron chi connectivity index (χ1n) is 9.88. The topological polar surface area (TPSA) is 75.3 Å². The summed E-state index contributed by atoms with van der Waals surface area (Å²) in [6, 6.07) is 14.8. The summed E-state index contributed by atoms with van der Waals surface area (Å²) in [5, 5.41) is 6.31. The van der Waals surface area contributed by atoms with Crippen molar-refractivity contribution in [2.24, 2.45) is 0 Å². The lowest BCUT2D eigenvalue weighted by Crippen LogP contribution is -2.22. The van der Waals surface area contributed by atoms with Gasteiger partial charge in [-0.05, 0) is 56.2 Å². The average molecular weight is 401 g/mol. The van der Waals surface area contributed by atoms with Crippen LogP contribution in [-0.4, -0.2) is 26.1 Å². The molecular formula is C22H28N2O3S. The molecule has 2 N–H and O–H groups in total. The highest BCUT2D eigenvalue weighted by Crippen LogP contribution is 2.22. The van der Waals surface area contributed by atoms with Gasteiger partial charge in [-0.3, -0.25) is 4.79 Å². The van der Waals surface area contributed by atoms with Crippen LogP contribution in [0.5, 0.6) is 0 Å². The fourth-order valence-electron chi connectivity index (χ4n) is 3.45. The molecule has 0 bridgehead atoms. The van der Waals surface area contributed by atoms with Crippen molar-refractivity contribution in [2.75, 3.05) is 16.4 Å². The van der Waals surface area contributed by atoms with Crippen LogP contribution in [0, 0.1) is 6.92 Å². The Morgan fingerprint density at radius 3 is 2.18 bits per heavy atom. The summed E-state index contributed by atoms with van der Waals surface area (Å²) in [6.45, 7) is 1.90. The second-order valence-corrected chi connectivity index (χ2v) is 9.60. The minimum Gasteiger partial charge on any atom is -0.382 e. The first-order valence-corrected chi connectivity index (χ1v) is 11.5. The molecule has 0 aromatic heterocycles. The van der Waals surface area contributed by atoms with Gasteiger partial charge in [-0.2, -0.15) is 0 Å². The number of hydrogen-bond acceptors (Lipinski definition) is 4. The summed E-state index contributed by atoms with van der Waals surface area (Å²) in [4.78, 5) is 12.4. The van der Waals surface area contributed by atoms with Gasteiger partial charge in [-0.15, -0.1) is 0 Å². The van der Waals surface area contributed by atoms with E-state index in [1.807, 2.05) is 31.2 Å². The Labute approximate surface area is 167 Å². The Hall–Kier alpha value is -2.34. The van der Waals surface area contributed by atoms with E-state index in [-0.39, 0.29) is 23.0 Å². The van der Waals surface area contributed by atoms with E-state index >= 15 is 0 Å². The molecule has 0 aliphatic heterocycles. The Morgan fingerprint density at radius 1 is 0.929 bits per heavy atom. The van der Waals surface area contributed by atoms with Gasteiger partial charge in [0, 0.05) is 23.8 Å². The van der Waals surface area contributed by atoms with Gasteiger partial charge >= 0.3 is 0 Å². The van der Waals surface area contributed by atoms with Crippen LogP contribution in [0.15, 0.2) is 53.4 Å². The fraction of sp³-hybridized carbons (Fsp3) is 0.409. The predicted octanol–water partition coefficient (Wildman–Crippen LogP) is 4.54. The Kier molecular flexibility index (Phi) is 6.73. The molecule has 0 saturated heterocycles. The minimum absolute atomic E-state index is 0.0711. The lowest BCUT2D eigenvalue weighted by molar-refractivity contribution is -0.115. The number of aryl methyl sites for hydroxylation is 1. The molecule has 1 amide bonds. The maximum absolute atomic E-state index is 12.3. The predicted molar refractivity (Wildman–Crippen MR) is 113 cm³/mol. The van der Waals surface area contributed by atoms with Gasteiger partial charge < -0.3 is 10.6 Å². The number of sulfone groups is 1. The summed E-state index contributed by atoms with van der Waals surface area (Å²) in [5.74, 6) is -0.507. The van der Waals surface area contributed by atoms with Crippen LogP contribution in [-0.2, 0) is 14.6 Å². The lowest BCUT2D eigenvalue weighted by Gasteiger charge is -2.23. The van der Waals surface area contributed by atoms with Crippen LogP contribution in [0.25, 0.3) is 0 Å². The van der Waals surface area contributed by atoms with Gasteiger partial charge in [0.15, 0.2) is 9.84 Å². The minimum atomic E-state index is -3.46. The average Bonchev–Trinajstić information content (AvgIpc) is 2.69. The number of benzene rings is 2. The van der Waals surface area contributed by atoms with Crippen molar-refractivity contribution >= 4 is 27.1 Å². The van der Waals surface area contributed by atoms with Crippen LogP contribution in [0.1, 0.15) is 44.1 Å². The van der Waals surface area contributed by atoms with E-state index < -0.39 is 9.84 Å². The van der Waals surface area contributed by atoms with Crippen LogP contribution in [0.4, 0.5) is 11.4 Å². The summed E-state index contributed by atoms with van der Waals surface area (Å²) >= 11 is 0. The molecule has 1 aliphatic carbocycles. The number of hydrogen-bond donors (Lipinski definition) is 2. The highest BCUT2D eigenvalue weighted by Gasteiger charge is 2.17. The fourth-order valence-corrected chi connectivity index (χ4v) is 4.69. The second-order valence-electron chi connectivity index (χ2n) is 7.49. The highest BCUT2D eigenvalue weighted by atomic mass is 32.2. The largest absolute Gasteiger partial charge is 0.382 e. The van der Waals surface area contributed by atoms with E-state index in [4.69, 9.17) is 0 Å². The molecule has 150 valence electrons. The van der Waals surface area contributed by atoms with Gasteiger partial charge in [0.25, 0.3) is 0 Å². The van der Waals surface area contributed by atoms with Crippen molar-refractivity contribution < 1.29 is 13.2 Å². The summed E-state index contributed by atoms with van der Waals surface area (Å²) in [5.41, 5.74) is 2.72. The van der Waals surface area contributed by atoms with Gasteiger partial charge in [0.2, 0.25) is 5.91 Å². The van der Waals surface area contributed by atoms with E-state index in [9.17, 15) is 13.2 Å². The smallest absolute Gasteiger partial charge is 0.225 e. The van der Waals surface area contributed by atoms with Crippen molar-refractivity contribution in [3.8, 4) is 0 Å². The van der Waals surface area contributed by atoms with Gasteiger partial charge in [-0.1, -0.05) is 37.0 Å². The van der Waals surface area contributed by atoms with Crippen LogP contribution in [0.3, 0.4) is 0 Å². The molecule has 1 saturated carbocycles. The standard InChI is InChI=1S/C22H28N2O3S/c1-17-7-13-21(14-8-17)28(26,27)16-15-22(25)24-20-11-9-19(10-12-20)23-18-5-3-2-4-6-18/h7-14,18,23H,2-6,15-16H2,1H3,(H,24,25). The first kappa shape index (κ1) is 20.4. The second kappa shape index (κ2) is 9.24. The number of anilines is 2. The summed E-state index contributed by atoms with van der Waals surface area (Å²) < 4.78 is 24.7. The normalized spacial score (nSPS) is 15.2. The van der Waals surface area contributed by atoms with E-state index in [1.54, 1.807) is 24.3 Å². The number of rotatable bonds is 7. The molecule has 2 aromatic carbocycles. The maximum Gasteiger partial charge on any atom is 0.225 e. The van der Waals surface area contributed by atoms with Crippen molar-refractivity contribution in [1.29, 1.82) is 0 Å². The third kappa shape index (κ3) is 5.83. The van der Waals surface area contributed by atoms with Gasteiger partial charge in [-0.25, -0.2) is 8.42 Å². The monoisotopic (exact) mass is 400 g/mol. The molecule has 0 spiro atoms. The molecule has 0 atom stereocenters. The van der Waals surface area contributed by atoms with E-state index in [2.05, 4.69) is 10.6 Å². The third-order valence-corrected chi connectivity index (χ3v) is 6.85. The van der Waals surface area contributed by atoms with Crippen LogP contribution < -0.4 is 10.6 Å². The van der Waals surface area contributed by atoms with E-state index in [0.717, 1.165) is 11.3 Å². The zero-order valence-electron chi connectivity index (χ0n) is 16.3. The zero-order valence-corrected chi connectivity index (χ0v) is 17.1. The Morgan fingerprint density at radius 2 is 1.54 bits per heavy atom. The molecule has 3 rings (SSSR count). The number of carbonyl (C=O) groups excluding carboxylic acids is 1. The number of amides is 1. The van der Waals surface area contributed by atoms with E-state index in [0.29, 0.717) is 11.7 Å². The molecule has 0 radical (unpaired) electrons. The van der Waals surface area contributed by atoms with Crippen molar-refractivity contribution in [3.63, 3.8) is 0 Å². The zero-order chi connectivity index (χ0) is 20.0. The number of nitrogens with one attached hydrogen (secondary N) is 2. The van der Waals surface area contributed by atoms with Crippen molar-refractivity contribution in [3.05, 3.63) is 54.1 Å². The Balaban J connectivity index is 1.49. The van der Waals surface area contributed by atoms with Gasteiger partial charge in [0.1, 0.15) is 0 Å². The first-order chi connectivity index (χ1) is 13.4. The van der Waals surface area contributed by atoms with Crippen LogP contribution >= 0.6 is 0 Å². The quantitative estimate of drug-likeness (QED) is 0.715. The third-order valence-electron chi connectivity index (χ3n) is 5.12. The molecule has 2 aromatic rings. The molecule has 1 aliphatic rings. The summed E-state index contributed by atoms with van der Waals surface area (Å²) in [6.07, 6.45) is 6.21. The lowest BCUT2D eigenvalue weighted by atomic mass is 9.95. The molecule has 0 unspecified atom stereocenters. The summed E-state index contributed by atoms with van der Waals surface area (Å²) in [7, 11) is -3.46. The molecule has 28 heavy (non-hydrogen) atoms. The molecular weight excluding hydrogens is 372 g/mol. The molecule has 5 nitrogen and oxygen atoms in total. The highest BCUT2D eigenvalue weighted by molar-refractivity contribution is 7.91. The molecule has 6 heteroatoms. The SMILES string of the molecule is Cc1ccc(S(=O)(=O)CCC(=O)Nc2ccc(NC3CCCCC3)cc2)cc1. The van der Waals surface area contributed by atoms with Gasteiger partial charge in [0.05, 0.1) is 10.6 Å². The Bertz CT molecular complexity index is 884. The molecule has 1 fully saturated rings. The van der Waals surface area contributed by atoms with E-state index in [1.165, 1.54) is 32.1 Å². The number of carbonyl (C=O) groups is 1. The maximum atomic E-state index is 12.3. The van der Waals surface area contributed by atoms with Crippen molar-refractivity contribution in [1.82, 2.24) is 0 Å². The van der Waals surface area contributed by atoms with Crippen LogP contribution in [0.2, 0.25) is 0 Å².